The van der Waals surface area contributed by atoms with Gasteiger partial charge >= 0.3 is 6.36 Å². The first kappa shape index (κ1) is 16.1. The van der Waals surface area contributed by atoms with Crippen LogP contribution in [-0.2, 0) is 10.0 Å². The average molecular weight is 324 g/mol. The number of alkyl halides is 3. The van der Waals surface area contributed by atoms with E-state index in [2.05, 4.69) is 10.1 Å². The van der Waals surface area contributed by atoms with Gasteiger partial charge in [0.05, 0.1) is 4.90 Å². The van der Waals surface area contributed by atoms with Crippen LogP contribution in [0.25, 0.3) is 0 Å². The van der Waals surface area contributed by atoms with E-state index in [1.807, 2.05) is 0 Å². The van der Waals surface area contributed by atoms with Crippen LogP contribution in [0.15, 0.2) is 29.2 Å². The molecule has 1 fully saturated rings. The predicted molar refractivity (Wildman–Crippen MR) is 69.3 cm³/mol. The third-order valence-electron chi connectivity index (χ3n) is 3.09. The number of ether oxygens (including phenoxy) is 1. The van der Waals surface area contributed by atoms with Crippen molar-refractivity contribution < 1.29 is 26.3 Å². The van der Waals surface area contributed by atoms with Crippen molar-refractivity contribution in [3.63, 3.8) is 0 Å². The summed E-state index contributed by atoms with van der Waals surface area (Å²) in [5.74, 6) is -0.550. The van der Waals surface area contributed by atoms with Crippen LogP contribution in [0, 0.1) is 0 Å². The largest absolute Gasteiger partial charge is 0.573 e. The van der Waals surface area contributed by atoms with Crippen LogP contribution in [-0.4, -0.2) is 44.8 Å². The van der Waals surface area contributed by atoms with Crippen LogP contribution < -0.4 is 10.1 Å². The fourth-order valence-corrected chi connectivity index (χ4v) is 3.81. The minimum atomic E-state index is -4.86. The first-order chi connectivity index (χ1) is 9.70. The number of benzene rings is 1. The number of hydrogen-bond donors (Lipinski definition) is 1. The van der Waals surface area contributed by atoms with Crippen molar-refractivity contribution in [2.45, 2.75) is 24.2 Å². The van der Waals surface area contributed by atoms with E-state index in [9.17, 15) is 21.6 Å². The van der Waals surface area contributed by atoms with E-state index in [0.29, 0.717) is 13.1 Å². The van der Waals surface area contributed by atoms with Gasteiger partial charge in [0.2, 0.25) is 10.0 Å². The van der Waals surface area contributed by atoms with Crippen molar-refractivity contribution in [2.75, 3.05) is 19.6 Å². The number of halogens is 3. The molecular formula is C12H15F3N2O3S. The van der Waals surface area contributed by atoms with Gasteiger partial charge in [0, 0.05) is 31.7 Å². The Hall–Kier alpha value is -1.32. The number of nitrogens with zero attached hydrogens (tertiary/aromatic N) is 1. The average Bonchev–Trinajstić information content (AvgIpc) is 2.37. The van der Waals surface area contributed by atoms with Gasteiger partial charge in [-0.2, -0.15) is 4.31 Å². The lowest BCUT2D eigenvalue weighted by atomic mass is 10.3. The summed E-state index contributed by atoms with van der Waals surface area (Å²) in [4.78, 5) is -0.210. The summed E-state index contributed by atoms with van der Waals surface area (Å²) in [6.07, 6.45) is -4.86. The van der Waals surface area contributed by atoms with E-state index in [4.69, 9.17) is 0 Å². The normalized spacial score (nSPS) is 21.2. The van der Waals surface area contributed by atoms with Gasteiger partial charge in [-0.1, -0.05) is 6.07 Å². The second-order valence-corrected chi connectivity index (χ2v) is 6.58. The molecule has 1 heterocycles. The molecule has 1 aromatic rings. The molecule has 1 aliphatic heterocycles. The zero-order valence-corrected chi connectivity index (χ0v) is 12.0. The topological polar surface area (TPSA) is 58.6 Å². The Morgan fingerprint density at radius 2 is 2.10 bits per heavy atom. The van der Waals surface area contributed by atoms with Gasteiger partial charge < -0.3 is 10.1 Å². The minimum absolute atomic E-state index is 0.210. The summed E-state index contributed by atoms with van der Waals surface area (Å²) in [5, 5.41) is 3.05. The van der Waals surface area contributed by atoms with Gasteiger partial charge in [-0.05, 0) is 19.1 Å². The number of hydrogen-bond acceptors (Lipinski definition) is 4. The van der Waals surface area contributed by atoms with Crippen molar-refractivity contribution in [3.8, 4) is 5.75 Å². The highest BCUT2D eigenvalue weighted by Crippen LogP contribution is 2.27. The molecule has 0 spiro atoms. The van der Waals surface area contributed by atoms with Crippen molar-refractivity contribution in [1.82, 2.24) is 9.62 Å². The van der Waals surface area contributed by atoms with Crippen LogP contribution in [0.1, 0.15) is 6.92 Å². The molecule has 0 radical (unpaired) electrons. The molecule has 1 aromatic carbocycles. The van der Waals surface area contributed by atoms with Gasteiger partial charge in [0.15, 0.2) is 0 Å². The molecular weight excluding hydrogens is 309 g/mol. The molecule has 0 saturated carbocycles. The Morgan fingerprint density at radius 3 is 2.71 bits per heavy atom. The van der Waals surface area contributed by atoms with Gasteiger partial charge in [-0.3, -0.25) is 0 Å². The van der Waals surface area contributed by atoms with E-state index in [1.54, 1.807) is 6.92 Å². The lowest BCUT2D eigenvalue weighted by Crippen LogP contribution is -2.52. The second-order valence-electron chi connectivity index (χ2n) is 4.69. The van der Waals surface area contributed by atoms with Gasteiger partial charge in [-0.25, -0.2) is 8.42 Å². The molecule has 2 rings (SSSR count). The van der Waals surface area contributed by atoms with E-state index in [0.717, 1.165) is 12.1 Å². The third kappa shape index (κ3) is 3.86. The van der Waals surface area contributed by atoms with Gasteiger partial charge in [-0.15, -0.1) is 13.2 Å². The van der Waals surface area contributed by atoms with Crippen molar-refractivity contribution in [2.24, 2.45) is 0 Å². The SMILES string of the molecule is C[C@@H]1CNCCN1S(=O)(=O)c1cccc(OC(F)(F)F)c1. The van der Waals surface area contributed by atoms with Crippen LogP contribution in [0.5, 0.6) is 5.75 Å². The number of piperazine rings is 1. The summed E-state index contributed by atoms with van der Waals surface area (Å²) in [7, 11) is -3.84. The second kappa shape index (κ2) is 5.82. The maximum absolute atomic E-state index is 12.5. The number of sulfonamides is 1. The van der Waals surface area contributed by atoms with Crippen molar-refractivity contribution in [3.05, 3.63) is 24.3 Å². The molecule has 0 amide bonds. The summed E-state index contributed by atoms with van der Waals surface area (Å²) < 4.78 is 66.6. The molecule has 1 atom stereocenters. The fraction of sp³-hybridized carbons (Fsp3) is 0.500. The molecule has 5 nitrogen and oxygen atoms in total. The molecule has 0 unspecified atom stereocenters. The maximum atomic E-state index is 12.5. The summed E-state index contributed by atoms with van der Waals surface area (Å²) in [6.45, 7) is 3.01. The first-order valence-electron chi connectivity index (χ1n) is 6.28. The van der Waals surface area contributed by atoms with Crippen LogP contribution in [0.2, 0.25) is 0 Å². The minimum Gasteiger partial charge on any atom is -0.406 e. The first-order valence-corrected chi connectivity index (χ1v) is 7.72. The van der Waals surface area contributed by atoms with Crippen LogP contribution in [0.4, 0.5) is 13.2 Å². The highest BCUT2D eigenvalue weighted by Gasteiger charge is 2.33. The monoisotopic (exact) mass is 324 g/mol. The molecule has 1 saturated heterocycles. The maximum Gasteiger partial charge on any atom is 0.573 e. The Morgan fingerprint density at radius 1 is 1.38 bits per heavy atom. The van der Waals surface area contributed by atoms with Gasteiger partial charge in [0.25, 0.3) is 0 Å². The molecule has 1 N–H and O–H groups in total. The highest BCUT2D eigenvalue weighted by molar-refractivity contribution is 7.89. The molecule has 0 aliphatic carbocycles. The molecule has 118 valence electrons. The highest BCUT2D eigenvalue weighted by atomic mass is 32.2. The zero-order valence-electron chi connectivity index (χ0n) is 11.2. The fourth-order valence-electron chi connectivity index (χ4n) is 2.15. The Kier molecular flexibility index (Phi) is 4.45. The van der Waals surface area contributed by atoms with Crippen molar-refractivity contribution in [1.29, 1.82) is 0 Å². The zero-order chi connectivity index (χ0) is 15.7. The van der Waals surface area contributed by atoms with E-state index >= 15 is 0 Å². The van der Waals surface area contributed by atoms with E-state index in [-0.39, 0.29) is 17.5 Å². The number of nitrogens with one attached hydrogen (secondary N) is 1. The van der Waals surface area contributed by atoms with Gasteiger partial charge in [0.1, 0.15) is 5.75 Å². The van der Waals surface area contributed by atoms with Crippen LogP contribution >= 0.6 is 0 Å². The lowest BCUT2D eigenvalue weighted by Gasteiger charge is -2.32. The third-order valence-corrected chi connectivity index (χ3v) is 5.10. The molecule has 0 bridgehead atoms. The number of rotatable bonds is 3. The molecule has 21 heavy (non-hydrogen) atoms. The smallest absolute Gasteiger partial charge is 0.406 e. The van der Waals surface area contributed by atoms with E-state index < -0.39 is 22.1 Å². The lowest BCUT2D eigenvalue weighted by molar-refractivity contribution is -0.274. The molecule has 1 aliphatic rings. The van der Waals surface area contributed by atoms with Crippen molar-refractivity contribution >= 4 is 10.0 Å². The Labute approximate surface area is 120 Å². The quantitative estimate of drug-likeness (QED) is 0.917. The summed E-state index contributed by atoms with van der Waals surface area (Å²) >= 11 is 0. The summed E-state index contributed by atoms with van der Waals surface area (Å²) in [6, 6.07) is 4.16. The standard InChI is InChI=1S/C12H15F3N2O3S/c1-9-8-16-5-6-17(9)21(18,19)11-4-2-3-10(7-11)20-12(13,14)15/h2-4,7,9,16H,5-6,8H2,1H3/t9-/m1/s1. The Bertz CT molecular complexity index is 604. The van der Waals surface area contributed by atoms with Crippen LogP contribution in [0.3, 0.4) is 0 Å². The Balaban J connectivity index is 2.30. The summed E-state index contributed by atoms with van der Waals surface area (Å²) in [5.41, 5.74) is 0. The predicted octanol–water partition coefficient (Wildman–Crippen LogP) is 1.57. The molecule has 9 heteroatoms. The van der Waals surface area contributed by atoms with E-state index in [1.165, 1.54) is 16.4 Å². The molecule has 0 aromatic heterocycles.